The quantitative estimate of drug-likeness (QED) is 0.459. The summed E-state index contributed by atoms with van der Waals surface area (Å²) >= 11 is 0. The third-order valence-corrected chi connectivity index (χ3v) is 5.25. The summed E-state index contributed by atoms with van der Waals surface area (Å²) in [6, 6.07) is 12.5. The first-order valence-electron chi connectivity index (χ1n) is 10.8. The first-order valence-corrected chi connectivity index (χ1v) is 10.8. The molecule has 6 nitrogen and oxygen atoms in total. The van der Waals surface area contributed by atoms with E-state index in [1.54, 1.807) is 12.1 Å². The van der Waals surface area contributed by atoms with Crippen LogP contribution in [-0.4, -0.2) is 37.7 Å². The van der Waals surface area contributed by atoms with Gasteiger partial charge < -0.3 is 19.4 Å². The average molecular weight is 441 g/mol. The minimum atomic E-state index is -0.726. The zero-order valence-corrected chi connectivity index (χ0v) is 18.7. The third-order valence-electron chi connectivity index (χ3n) is 5.25. The van der Waals surface area contributed by atoms with E-state index in [9.17, 15) is 14.0 Å². The van der Waals surface area contributed by atoms with Crippen LogP contribution in [0.15, 0.2) is 51.7 Å². The molecule has 0 aliphatic rings. The largest absolute Gasteiger partial charge is 0.490 e. The molecule has 1 heterocycles. The molecule has 0 bridgehead atoms. The molecule has 0 aliphatic carbocycles. The molecule has 1 N–H and O–H groups in total. The minimum Gasteiger partial charge on any atom is -0.490 e. The number of aryl methyl sites for hydroxylation is 1. The highest BCUT2D eigenvalue weighted by molar-refractivity contribution is 6.05. The lowest BCUT2D eigenvalue weighted by atomic mass is 10.0. The van der Waals surface area contributed by atoms with Crippen molar-refractivity contribution in [3.05, 3.63) is 69.6 Å². The molecule has 1 amide bonds. The lowest BCUT2D eigenvalue weighted by Crippen LogP contribution is -2.21. The number of fused-ring (bicyclic) bond motifs is 1. The van der Waals surface area contributed by atoms with Crippen molar-refractivity contribution in [3.8, 4) is 5.75 Å². The molecule has 0 aliphatic heterocycles. The third kappa shape index (κ3) is 5.53. The van der Waals surface area contributed by atoms with E-state index in [0.717, 1.165) is 25.1 Å². The maximum Gasteiger partial charge on any atom is 0.349 e. The van der Waals surface area contributed by atoms with Gasteiger partial charge in [-0.3, -0.25) is 4.79 Å². The van der Waals surface area contributed by atoms with Crippen LogP contribution in [0.3, 0.4) is 0 Å². The fourth-order valence-electron chi connectivity index (χ4n) is 3.47. The van der Waals surface area contributed by atoms with Gasteiger partial charge in [-0.15, -0.1) is 0 Å². The second-order valence-electron chi connectivity index (χ2n) is 7.68. The predicted octanol–water partition coefficient (Wildman–Crippen LogP) is 4.80. The Morgan fingerprint density at radius 1 is 1.16 bits per heavy atom. The summed E-state index contributed by atoms with van der Waals surface area (Å²) in [4.78, 5) is 27.6. The molecule has 0 saturated heterocycles. The number of benzene rings is 2. The Kier molecular flexibility index (Phi) is 8.00. The fraction of sp³-hybridized carbons (Fsp3) is 0.360. The Hall–Kier alpha value is -3.19. The van der Waals surface area contributed by atoms with Gasteiger partial charge >= 0.3 is 5.63 Å². The summed E-state index contributed by atoms with van der Waals surface area (Å²) < 4.78 is 23.5. The molecule has 0 radical (unpaired) electrons. The number of halogens is 1. The highest BCUT2D eigenvalue weighted by Gasteiger charge is 2.18. The zero-order chi connectivity index (χ0) is 23.1. The van der Waals surface area contributed by atoms with E-state index in [4.69, 9.17) is 9.15 Å². The Bertz CT molecular complexity index is 1130. The molecular weight excluding hydrogens is 411 g/mol. The molecule has 0 saturated carbocycles. The topological polar surface area (TPSA) is 71.8 Å². The summed E-state index contributed by atoms with van der Waals surface area (Å²) in [5.74, 6) is -0.0416. The molecule has 1 aromatic heterocycles. The molecule has 2 aromatic carbocycles. The van der Waals surface area contributed by atoms with E-state index < -0.39 is 18.2 Å². The number of alkyl halides is 1. The molecule has 170 valence electrons. The van der Waals surface area contributed by atoms with Crippen LogP contribution in [0.5, 0.6) is 5.75 Å². The Labute approximate surface area is 187 Å². The van der Waals surface area contributed by atoms with Crippen LogP contribution >= 0.6 is 0 Å². The van der Waals surface area contributed by atoms with Crippen molar-refractivity contribution in [1.82, 2.24) is 4.90 Å². The Morgan fingerprint density at radius 3 is 2.56 bits per heavy atom. The molecule has 3 rings (SSSR count). The summed E-state index contributed by atoms with van der Waals surface area (Å²) in [5, 5.41) is 3.37. The molecule has 0 atom stereocenters. The standard InChI is InChI=1S/C25H29FN2O4/c1-4-6-20-22(31-14-13-26)12-9-18-15-21(25(30)32-23(18)20)24(29)27-19-10-7-17(8-11-19)16-28(3)5-2/h7-12,15H,4-6,13-14,16H2,1-3H3,(H,27,29). The van der Waals surface area contributed by atoms with Gasteiger partial charge in [0.25, 0.3) is 5.91 Å². The number of anilines is 1. The molecule has 7 heteroatoms. The number of hydrogen-bond acceptors (Lipinski definition) is 5. The molecular formula is C25H29FN2O4. The maximum absolute atomic E-state index is 12.8. The van der Waals surface area contributed by atoms with Gasteiger partial charge in [0.1, 0.15) is 30.2 Å². The van der Waals surface area contributed by atoms with Gasteiger partial charge in [-0.2, -0.15) is 0 Å². The Morgan fingerprint density at radius 2 is 1.91 bits per heavy atom. The van der Waals surface area contributed by atoms with Gasteiger partial charge in [-0.05, 0) is 55.9 Å². The summed E-state index contributed by atoms with van der Waals surface area (Å²) in [5.41, 5.74) is 2.00. The van der Waals surface area contributed by atoms with Crippen molar-refractivity contribution < 1.29 is 18.3 Å². The van der Waals surface area contributed by atoms with E-state index in [2.05, 4.69) is 17.1 Å². The second-order valence-corrected chi connectivity index (χ2v) is 7.68. The van der Waals surface area contributed by atoms with E-state index >= 15 is 0 Å². The van der Waals surface area contributed by atoms with Crippen molar-refractivity contribution in [2.45, 2.75) is 33.2 Å². The molecule has 32 heavy (non-hydrogen) atoms. The van der Waals surface area contributed by atoms with Crippen molar-refractivity contribution in [2.75, 3.05) is 32.2 Å². The first kappa shape index (κ1) is 23.5. The van der Waals surface area contributed by atoms with E-state index in [0.29, 0.717) is 34.4 Å². The van der Waals surface area contributed by atoms with Gasteiger partial charge in [0.05, 0.1) is 0 Å². The van der Waals surface area contributed by atoms with Gasteiger partial charge in [0.15, 0.2) is 0 Å². The smallest absolute Gasteiger partial charge is 0.349 e. The number of carbonyl (C=O) groups is 1. The SMILES string of the molecule is CCCc1c(OCCF)ccc2cc(C(=O)Nc3ccc(CN(C)CC)cc3)c(=O)oc12. The first-order chi connectivity index (χ1) is 15.5. The highest BCUT2D eigenvalue weighted by atomic mass is 19.1. The van der Waals surface area contributed by atoms with Crippen LogP contribution < -0.4 is 15.7 Å². The van der Waals surface area contributed by atoms with E-state index in [-0.39, 0.29) is 12.2 Å². The number of hydrogen-bond donors (Lipinski definition) is 1. The summed E-state index contributed by atoms with van der Waals surface area (Å²) in [6.07, 6.45) is 1.40. The van der Waals surface area contributed by atoms with Crippen molar-refractivity contribution in [3.63, 3.8) is 0 Å². The highest BCUT2D eigenvalue weighted by Crippen LogP contribution is 2.29. The molecule has 0 fully saturated rings. The van der Waals surface area contributed by atoms with Gasteiger partial charge in [0, 0.05) is 23.2 Å². The molecule has 0 unspecified atom stereocenters. The monoisotopic (exact) mass is 440 g/mol. The van der Waals surface area contributed by atoms with E-state index in [1.807, 2.05) is 38.2 Å². The number of ether oxygens (including phenoxy) is 1. The summed E-state index contributed by atoms with van der Waals surface area (Å²) in [7, 11) is 2.04. The van der Waals surface area contributed by atoms with Crippen molar-refractivity contribution >= 4 is 22.6 Å². The minimum absolute atomic E-state index is 0.0690. The van der Waals surface area contributed by atoms with Crippen molar-refractivity contribution in [2.24, 2.45) is 0 Å². The fourth-order valence-corrected chi connectivity index (χ4v) is 3.47. The van der Waals surface area contributed by atoms with E-state index in [1.165, 1.54) is 6.07 Å². The Balaban J connectivity index is 1.86. The normalized spacial score (nSPS) is 11.2. The molecule has 3 aromatic rings. The van der Waals surface area contributed by atoms with Gasteiger partial charge in [-0.1, -0.05) is 32.4 Å². The van der Waals surface area contributed by atoms with Crippen LogP contribution in [0.1, 0.15) is 41.8 Å². The lowest BCUT2D eigenvalue weighted by Gasteiger charge is -2.14. The molecule has 0 spiro atoms. The summed E-state index contributed by atoms with van der Waals surface area (Å²) in [6.45, 7) is 5.16. The predicted molar refractivity (Wildman–Crippen MR) is 124 cm³/mol. The van der Waals surface area contributed by atoms with Gasteiger partial charge in [0.2, 0.25) is 0 Å². The number of rotatable bonds is 10. The van der Waals surface area contributed by atoms with Crippen LogP contribution in [0.4, 0.5) is 10.1 Å². The van der Waals surface area contributed by atoms with Crippen LogP contribution in [0.25, 0.3) is 11.0 Å². The van der Waals surface area contributed by atoms with Crippen LogP contribution in [0, 0.1) is 0 Å². The van der Waals surface area contributed by atoms with Gasteiger partial charge in [-0.25, -0.2) is 9.18 Å². The van der Waals surface area contributed by atoms with Crippen molar-refractivity contribution in [1.29, 1.82) is 0 Å². The average Bonchev–Trinajstić information content (AvgIpc) is 2.79. The van der Waals surface area contributed by atoms with Crippen LogP contribution in [0.2, 0.25) is 0 Å². The maximum atomic E-state index is 12.8. The number of nitrogens with zero attached hydrogens (tertiary/aromatic N) is 1. The zero-order valence-electron chi connectivity index (χ0n) is 18.7. The number of carbonyl (C=O) groups excluding carboxylic acids is 1. The second kappa shape index (κ2) is 10.9. The lowest BCUT2D eigenvalue weighted by molar-refractivity contribution is 0.102. The van der Waals surface area contributed by atoms with Crippen LogP contribution in [-0.2, 0) is 13.0 Å². The number of nitrogens with one attached hydrogen (secondary N) is 1. The number of amides is 1.